The third-order valence-corrected chi connectivity index (χ3v) is 4.20. The van der Waals surface area contributed by atoms with Gasteiger partial charge in [0.2, 0.25) is 5.91 Å². The monoisotopic (exact) mass is 371 g/mol. The summed E-state index contributed by atoms with van der Waals surface area (Å²) in [4.78, 5) is 11.6. The van der Waals surface area contributed by atoms with E-state index in [1.165, 1.54) is 0 Å². The van der Waals surface area contributed by atoms with E-state index >= 15 is 0 Å². The van der Waals surface area contributed by atoms with Crippen LogP contribution in [0.25, 0.3) is 0 Å². The molecule has 0 aliphatic rings. The molecule has 0 aromatic heterocycles. The zero-order valence-electron chi connectivity index (χ0n) is 12.3. The lowest BCUT2D eigenvalue weighted by Gasteiger charge is -2.09. The van der Waals surface area contributed by atoms with Crippen molar-refractivity contribution in [3.63, 3.8) is 0 Å². The zero-order valence-corrected chi connectivity index (χ0v) is 14.5. The predicted octanol–water partition coefficient (Wildman–Crippen LogP) is 3.89. The number of halogens is 3. The molecule has 0 aliphatic heterocycles. The van der Waals surface area contributed by atoms with Crippen LogP contribution in [-0.4, -0.2) is 24.2 Å². The molecule has 0 heterocycles. The minimum Gasteiger partial charge on any atom is -0.395 e. The summed E-state index contributed by atoms with van der Waals surface area (Å²) in [5.74, 6) is -0.115. The van der Waals surface area contributed by atoms with E-state index in [-0.39, 0.29) is 25.5 Å². The molecule has 3 nitrogen and oxygen atoms in total. The molecule has 0 aliphatic carbocycles. The van der Waals surface area contributed by atoms with Gasteiger partial charge < -0.3 is 10.4 Å². The van der Waals surface area contributed by atoms with Crippen LogP contribution in [0.5, 0.6) is 0 Å². The largest absolute Gasteiger partial charge is 0.395 e. The number of aliphatic hydroxyl groups is 1. The molecule has 0 spiro atoms. The molecule has 0 bridgehead atoms. The molecule has 122 valence electrons. The molecule has 2 N–H and O–H groups in total. The molecule has 2 aromatic carbocycles. The van der Waals surface area contributed by atoms with Gasteiger partial charge in [0.25, 0.3) is 0 Å². The summed E-state index contributed by atoms with van der Waals surface area (Å²) in [6.45, 7) is 0.206. The van der Waals surface area contributed by atoms with Crippen molar-refractivity contribution in [2.24, 2.45) is 0 Å². The molecule has 1 amide bonds. The average molecular weight is 373 g/mol. The van der Waals surface area contributed by atoms with Gasteiger partial charge in [0.1, 0.15) is 0 Å². The van der Waals surface area contributed by atoms with Crippen molar-refractivity contribution in [3.8, 4) is 0 Å². The third-order valence-electron chi connectivity index (χ3n) is 3.31. The fraction of sp³-hybridized carbons (Fsp3) is 0.235. The van der Waals surface area contributed by atoms with E-state index in [1.807, 2.05) is 24.3 Å². The molecule has 2 aromatic rings. The molecular weight excluding hydrogens is 357 g/mol. The number of carbonyl (C=O) groups excluding carboxylic acids is 1. The van der Waals surface area contributed by atoms with Crippen LogP contribution >= 0.6 is 34.8 Å². The number of hydrogen-bond acceptors (Lipinski definition) is 2. The van der Waals surface area contributed by atoms with Crippen molar-refractivity contribution in [3.05, 3.63) is 68.2 Å². The number of hydrogen-bond donors (Lipinski definition) is 2. The van der Waals surface area contributed by atoms with Crippen LogP contribution in [0.4, 0.5) is 0 Å². The summed E-state index contributed by atoms with van der Waals surface area (Å²) in [6.07, 6.45) is 0.870. The molecule has 23 heavy (non-hydrogen) atoms. The Labute approximate surface area is 150 Å². The highest BCUT2D eigenvalue weighted by Gasteiger charge is 2.09. The van der Waals surface area contributed by atoms with E-state index in [0.717, 1.165) is 16.7 Å². The third kappa shape index (κ3) is 5.40. The maximum atomic E-state index is 11.6. The first-order valence-electron chi connectivity index (χ1n) is 7.08. The summed E-state index contributed by atoms with van der Waals surface area (Å²) in [5, 5.41) is 12.9. The Morgan fingerprint density at radius 2 is 1.57 bits per heavy atom. The van der Waals surface area contributed by atoms with Crippen molar-refractivity contribution in [2.75, 3.05) is 13.2 Å². The number of aliphatic hydroxyl groups excluding tert-OH is 1. The molecule has 0 saturated heterocycles. The highest BCUT2D eigenvalue weighted by atomic mass is 35.5. The Balaban J connectivity index is 2.04. The Kier molecular flexibility index (Phi) is 6.72. The normalized spacial score (nSPS) is 10.6. The first-order valence-corrected chi connectivity index (χ1v) is 8.22. The van der Waals surface area contributed by atoms with Gasteiger partial charge in [0.05, 0.1) is 13.0 Å². The van der Waals surface area contributed by atoms with E-state index in [0.29, 0.717) is 21.5 Å². The van der Waals surface area contributed by atoms with Crippen molar-refractivity contribution in [1.29, 1.82) is 0 Å². The van der Waals surface area contributed by atoms with Crippen LogP contribution in [0.1, 0.15) is 16.7 Å². The average Bonchev–Trinajstić information content (AvgIpc) is 2.50. The minimum atomic E-state index is -0.115. The first-order chi connectivity index (χ1) is 11.0. The molecule has 6 heteroatoms. The van der Waals surface area contributed by atoms with Crippen LogP contribution in [0.2, 0.25) is 15.1 Å². The Morgan fingerprint density at radius 3 is 2.13 bits per heavy atom. The van der Waals surface area contributed by atoms with E-state index < -0.39 is 0 Å². The number of nitrogens with one attached hydrogen (secondary N) is 1. The fourth-order valence-corrected chi connectivity index (χ4v) is 3.11. The summed E-state index contributed by atoms with van der Waals surface area (Å²) < 4.78 is 0. The lowest BCUT2D eigenvalue weighted by atomic mass is 10.0. The standard InChI is InChI=1S/C17H16Cl3NO2/c18-13-9-15(19)14(16(20)10-13)7-11-1-3-12(4-2-11)8-17(23)21-5-6-22/h1-4,9-10,22H,5-8H2,(H,21,23). The lowest BCUT2D eigenvalue weighted by Crippen LogP contribution is -2.27. The topological polar surface area (TPSA) is 49.3 Å². The molecule has 0 atom stereocenters. The summed E-state index contributed by atoms with van der Waals surface area (Å²) in [7, 11) is 0. The number of benzene rings is 2. The van der Waals surface area contributed by atoms with Crippen LogP contribution in [0.15, 0.2) is 36.4 Å². The van der Waals surface area contributed by atoms with Crippen LogP contribution in [-0.2, 0) is 17.6 Å². The second kappa shape index (κ2) is 8.55. The van der Waals surface area contributed by atoms with Gasteiger partial charge in [-0.1, -0.05) is 59.1 Å². The summed E-state index contributed by atoms with van der Waals surface area (Å²) >= 11 is 18.3. The highest BCUT2D eigenvalue weighted by Crippen LogP contribution is 2.30. The molecular formula is C17H16Cl3NO2. The number of carbonyl (C=O) groups is 1. The van der Waals surface area contributed by atoms with Gasteiger partial charge in [-0.3, -0.25) is 4.79 Å². The lowest BCUT2D eigenvalue weighted by molar-refractivity contribution is -0.120. The Morgan fingerprint density at radius 1 is 1.00 bits per heavy atom. The molecule has 0 saturated carbocycles. The second-order valence-corrected chi connectivity index (χ2v) is 6.34. The van der Waals surface area contributed by atoms with Crippen molar-refractivity contribution < 1.29 is 9.90 Å². The summed E-state index contributed by atoms with van der Waals surface area (Å²) in [5.41, 5.74) is 2.76. The smallest absolute Gasteiger partial charge is 0.224 e. The zero-order chi connectivity index (χ0) is 16.8. The highest BCUT2D eigenvalue weighted by molar-refractivity contribution is 6.39. The van der Waals surface area contributed by atoms with Crippen molar-refractivity contribution in [2.45, 2.75) is 12.8 Å². The van der Waals surface area contributed by atoms with Gasteiger partial charge >= 0.3 is 0 Å². The molecule has 2 rings (SSSR count). The van der Waals surface area contributed by atoms with Crippen molar-refractivity contribution in [1.82, 2.24) is 5.32 Å². The Bertz CT molecular complexity index is 664. The van der Waals surface area contributed by atoms with E-state index in [1.54, 1.807) is 12.1 Å². The maximum absolute atomic E-state index is 11.6. The number of amides is 1. The van der Waals surface area contributed by atoms with Crippen LogP contribution in [0, 0.1) is 0 Å². The van der Waals surface area contributed by atoms with Crippen LogP contribution in [0.3, 0.4) is 0 Å². The van der Waals surface area contributed by atoms with Gasteiger partial charge in [-0.2, -0.15) is 0 Å². The van der Waals surface area contributed by atoms with Gasteiger partial charge in [-0.05, 0) is 28.8 Å². The van der Waals surface area contributed by atoms with Gasteiger partial charge in [0.15, 0.2) is 0 Å². The van der Waals surface area contributed by atoms with Gasteiger partial charge in [0, 0.05) is 28.0 Å². The maximum Gasteiger partial charge on any atom is 0.224 e. The molecule has 0 radical (unpaired) electrons. The van der Waals surface area contributed by atoms with Gasteiger partial charge in [-0.15, -0.1) is 0 Å². The van der Waals surface area contributed by atoms with E-state index in [2.05, 4.69) is 5.32 Å². The van der Waals surface area contributed by atoms with E-state index in [9.17, 15) is 4.79 Å². The first kappa shape index (κ1) is 18.1. The minimum absolute atomic E-state index is 0.0622. The van der Waals surface area contributed by atoms with Crippen LogP contribution < -0.4 is 5.32 Å². The van der Waals surface area contributed by atoms with Gasteiger partial charge in [-0.25, -0.2) is 0 Å². The predicted molar refractivity (Wildman–Crippen MR) is 94.5 cm³/mol. The molecule has 0 unspecified atom stereocenters. The van der Waals surface area contributed by atoms with E-state index in [4.69, 9.17) is 39.9 Å². The second-order valence-electron chi connectivity index (χ2n) is 5.09. The fourth-order valence-electron chi connectivity index (χ4n) is 2.16. The quantitative estimate of drug-likeness (QED) is 0.808. The Hall–Kier alpha value is -1.26. The summed E-state index contributed by atoms with van der Waals surface area (Å²) in [6, 6.07) is 11.0. The SMILES string of the molecule is O=C(Cc1ccc(Cc2c(Cl)cc(Cl)cc2Cl)cc1)NCCO. The molecule has 0 fully saturated rings. The number of rotatable bonds is 6. The van der Waals surface area contributed by atoms with Crippen molar-refractivity contribution >= 4 is 40.7 Å².